The summed E-state index contributed by atoms with van der Waals surface area (Å²) in [7, 11) is 1.38. The normalized spacial score (nSPS) is 10.6. The molecule has 0 bridgehead atoms. The van der Waals surface area contributed by atoms with Gasteiger partial charge in [-0.15, -0.1) is 0 Å². The van der Waals surface area contributed by atoms with Crippen molar-refractivity contribution in [2.24, 2.45) is 0 Å². The van der Waals surface area contributed by atoms with Crippen molar-refractivity contribution in [3.63, 3.8) is 0 Å². The summed E-state index contributed by atoms with van der Waals surface area (Å²) in [6, 6.07) is 13.1. The fourth-order valence-electron chi connectivity index (χ4n) is 3.31. The van der Waals surface area contributed by atoms with Crippen molar-refractivity contribution in [1.82, 2.24) is 0 Å². The molecule has 0 fully saturated rings. The van der Waals surface area contributed by atoms with Gasteiger partial charge in [0.1, 0.15) is 0 Å². The van der Waals surface area contributed by atoms with Crippen LogP contribution in [0, 0.1) is 5.82 Å². The maximum atomic E-state index is 15.2. The van der Waals surface area contributed by atoms with Crippen LogP contribution in [0.4, 0.5) is 4.39 Å². The summed E-state index contributed by atoms with van der Waals surface area (Å²) < 4.78 is 30.5. The molecule has 3 aromatic rings. The fraction of sp³-hybridized carbons (Fsp3) is 0.138. The number of ether oxygens (including phenoxy) is 3. The van der Waals surface area contributed by atoms with Crippen LogP contribution in [-0.2, 0) is 14.3 Å². The zero-order chi connectivity index (χ0) is 26.6. The second-order valence-corrected chi connectivity index (χ2v) is 8.27. The van der Waals surface area contributed by atoms with Gasteiger partial charge in [-0.3, -0.25) is 4.79 Å². The molecule has 0 saturated carbocycles. The van der Waals surface area contributed by atoms with E-state index >= 15 is 4.39 Å². The molecule has 0 radical (unpaired) electrons. The number of hydrogen-bond acceptors (Lipinski definition) is 6. The van der Waals surface area contributed by atoms with Gasteiger partial charge >= 0.3 is 11.9 Å². The van der Waals surface area contributed by atoms with E-state index in [4.69, 9.17) is 14.2 Å². The van der Waals surface area contributed by atoms with E-state index in [1.165, 1.54) is 26.2 Å². The maximum absolute atomic E-state index is 15.2. The van der Waals surface area contributed by atoms with Gasteiger partial charge < -0.3 is 14.2 Å². The number of rotatable bonds is 9. The Morgan fingerprint density at radius 3 is 2.11 bits per heavy atom. The van der Waals surface area contributed by atoms with Crippen molar-refractivity contribution in [3.8, 4) is 22.6 Å². The first-order valence-electron chi connectivity index (χ1n) is 10.9. The number of carbonyl (C=O) groups is 3. The molecule has 6 nitrogen and oxygen atoms in total. The maximum Gasteiger partial charge on any atom is 0.341 e. The van der Waals surface area contributed by atoms with Crippen molar-refractivity contribution in [3.05, 3.63) is 96.4 Å². The van der Waals surface area contributed by atoms with Crippen molar-refractivity contribution >= 4 is 28.5 Å². The molecule has 0 aliphatic carbocycles. The van der Waals surface area contributed by atoms with Crippen LogP contribution in [0.3, 0.4) is 0 Å². The molecule has 0 spiro atoms. The highest BCUT2D eigenvalue weighted by molar-refractivity contribution is 6.09. The number of Topliss-reactive ketones (excluding diaryl/α,β-unsaturated/α-hetero) is 1. The molecule has 0 unspecified atom stereocenters. The lowest BCUT2D eigenvalue weighted by Gasteiger charge is -2.14. The summed E-state index contributed by atoms with van der Waals surface area (Å²) >= 11 is 0. The van der Waals surface area contributed by atoms with E-state index in [-0.39, 0.29) is 29.3 Å². The van der Waals surface area contributed by atoms with Crippen LogP contribution in [-0.4, -0.2) is 31.4 Å². The van der Waals surface area contributed by atoms with Crippen LogP contribution in [0.5, 0.6) is 11.5 Å². The summed E-state index contributed by atoms with van der Waals surface area (Å²) in [5.41, 5.74) is 1.95. The summed E-state index contributed by atoms with van der Waals surface area (Å²) in [6.07, 6.45) is 0. The topological polar surface area (TPSA) is 78.9 Å². The Hall–Kier alpha value is -4.36. The quantitative estimate of drug-likeness (QED) is 0.159. The minimum absolute atomic E-state index is 0.00805. The molecule has 0 aliphatic heterocycles. The second kappa shape index (κ2) is 10.9. The van der Waals surface area contributed by atoms with Gasteiger partial charge in [0.05, 0.1) is 12.2 Å². The number of fused-ring (bicyclic) bond motifs is 1. The first kappa shape index (κ1) is 26.2. The van der Waals surface area contributed by atoms with E-state index in [1.54, 1.807) is 43.3 Å². The number of hydrogen-bond donors (Lipinski definition) is 0. The molecule has 0 saturated heterocycles. The van der Waals surface area contributed by atoms with Gasteiger partial charge in [-0.2, -0.15) is 0 Å². The van der Waals surface area contributed by atoms with Gasteiger partial charge in [-0.25, -0.2) is 14.0 Å². The smallest absolute Gasteiger partial charge is 0.341 e. The van der Waals surface area contributed by atoms with Gasteiger partial charge in [0.2, 0.25) is 5.75 Å². The monoisotopic (exact) mass is 488 g/mol. The van der Waals surface area contributed by atoms with Gasteiger partial charge in [-0.05, 0) is 65.6 Å². The van der Waals surface area contributed by atoms with E-state index < -0.39 is 23.5 Å². The summed E-state index contributed by atoms with van der Waals surface area (Å²) in [6.45, 7) is 13.7. The van der Waals surface area contributed by atoms with E-state index in [9.17, 15) is 14.4 Å². The van der Waals surface area contributed by atoms with E-state index in [1.807, 2.05) is 0 Å². The second-order valence-electron chi connectivity index (χ2n) is 8.27. The molecular formula is C29H25FO6. The molecule has 36 heavy (non-hydrogen) atoms. The van der Waals surface area contributed by atoms with Crippen molar-refractivity contribution in [1.29, 1.82) is 0 Å². The Morgan fingerprint density at radius 2 is 1.47 bits per heavy atom. The largest absolute Gasteiger partial charge is 0.419 e. The van der Waals surface area contributed by atoms with Crippen molar-refractivity contribution < 1.29 is 33.0 Å². The molecule has 0 aromatic heterocycles. The third-order valence-electron chi connectivity index (χ3n) is 5.19. The predicted molar refractivity (Wildman–Crippen MR) is 136 cm³/mol. The molecule has 3 aromatic carbocycles. The van der Waals surface area contributed by atoms with Gasteiger partial charge in [0.25, 0.3) is 0 Å². The van der Waals surface area contributed by atoms with Crippen LogP contribution in [0.25, 0.3) is 21.9 Å². The minimum atomic E-state index is -0.912. The fourth-order valence-corrected chi connectivity index (χ4v) is 3.31. The Kier molecular flexibility index (Phi) is 7.96. The number of ketones is 1. The van der Waals surface area contributed by atoms with E-state index in [2.05, 4.69) is 19.7 Å². The zero-order valence-electron chi connectivity index (χ0n) is 20.3. The van der Waals surface area contributed by atoms with E-state index in [0.717, 1.165) is 10.8 Å². The first-order valence-corrected chi connectivity index (χ1v) is 10.9. The molecule has 0 heterocycles. The van der Waals surface area contributed by atoms with Crippen molar-refractivity contribution in [2.45, 2.75) is 13.8 Å². The van der Waals surface area contributed by atoms with Crippen LogP contribution < -0.4 is 9.47 Å². The lowest BCUT2D eigenvalue weighted by molar-refractivity contribution is -0.133. The third-order valence-corrected chi connectivity index (χ3v) is 5.19. The number of methoxy groups -OCH3 is 1. The SMILES string of the molecule is C=C(C)C(=O)Oc1c(F)cc(-c2ccc3cc(C(=O)C(=C)C)ccc3c2)cc1OC(=O)C(=C)COC. The number of carbonyl (C=O) groups excluding carboxylic acids is 3. The summed E-state index contributed by atoms with van der Waals surface area (Å²) in [5.74, 6) is -3.65. The molecular weight excluding hydrogens is 463 g/mol. The lowest BCUT2D eigenvalue weighted by atomic mass is 9.97. The molecule has 0 atom stereocenters. The van der Waals surface area contributed by atoms with Crippen LogP contribution in [0.15, 0.2) is 85.0 Å². The Labute approximate surface area is 208 Å². The predicted octanol–water partition coefficient (Wildman–Crippen LogP) is 5.99. The van der Waals surface area contributed by atoms with Crippen LogP contribution in [0.2, 0.25) is 0 Å². The Bertz CT molecular complexity index is 1430. The van der Waals surface area contributed by atoms with Crippen LogP contribution in [0.1, 0.15) is 24.2 Å². The number of esters is 2. The lowest BCUT2D eigenvalue weighted by Crippen LogP contribution is -2.16. The summed E-state index contributed by atoms with van der Waals surface area (Å²) in [4.78, 5) is 36.7. The molecule has 0 N–H and O–H groups in total. The molecule has 3 rings (SSSR count). The Balaban J connectivity index is 2.07. The standard InChI is InChI=1S/C29H25FO6/c1-16(2)26(31)22-10-9-19-11-21(8-7-20(19)12-22)23-13-24(30)27(36-28(32)17(3)4)25(14-23)35-29(33)18(5)15-34-6/h7-14H,1,3,5,15H2,2,4,6H3. The zero-order valence-corrected chi connectivity index (χ0v) is 20.3. The van der Waals surface area contributed by atoms with Gasteiger partial charge in [-0.1, -0.05) is 44.0 Å². The highest BCUT2D eigenvalue weighted by Gasteiger charge is 2.22. The van der Waals surface area contributed by atoms with Gasteiger partial charge in [0, 0.05) is 18.2 Å². The molecule has 0 aliphatic rings. The molecule has 7 heteroatoms. The van der Waals surface area contributed by atoms with Gasteiger partial charge in [0.15, 0.2) is 17.3 Å². The first-order chi connectivity index (χ1) is 17.0. The molecule has 184 valence electrons. The average Bonchev–Trinajstić information content (AvgIpc) is 2.84. The molecule has 0 amide bonds. The van der Waals surface area contributed by atoms with Crippen LogP contribution >= 0.6 is 0 Å². The summed E-state index contributed by atoms with van der Waals surface area (Å²) in [5, 5.41) is 1.61. The Morgan fingerprint density at radius 1 is 0.806 bits per heavy atom. The highest BCUT2D eigenvalue weighted by Crippen LogP contribution is 2.37. The number of allylic oxidation sites excluding steroid dienone is 1. The number of halogens is 1. The van der Waals surface area contributed by atoms with Crippen molar-refractivity contribution in [2.75, 3.05) is 13.7 Å². The number of benzene rings is 3. The highest BCUT2D eigenvalue weighted by atomic mass is 19.1. The van der Waals surface area contributed by atoms with E-state index in [0.29, 0.717) is 22.3 Å². The average molecular weight is 489 g/mol. The third kappa shape index (κ3) is 5.82. The minimum Gasteiger partial charge on any atom is -0.419 e.